The molecule has 5 nitrogen and oxygen atoms in total. The molecule has 2 N–H and O–H groups in total. The van der Waals surface area contributed by atoms with Gasteiger partial charge in [0.25, 0.3) is 5.91 Å². The number of aromatic amines is 1. The minimum absolute atomic E-state index is 0.0967. The highest BCUT2D eigenvalue weighted by Gasteiger charge is 2.12. The van der Waals surface area contributed by atoms with E-state index in [-0.39, 0.29) is 11.0 Å². The summed E-state index contributed by atoms with van der Waals surface area (Å²) >= 11 is 0. The van der Waals surface area contributed by atoms with Gasteiger partial charge in [-0.2, -0.15) is 0 Å². The summed E-state index contributed by atoms with van der Waals surface area (Å²) < 4.78 is 5.70. The monoisotopic (exact) mass is 358 g/mol. The third-order valence-electron chi connectivity index (χ3n) is 4.41. The van der Waals surface area contributed by atoms with Crippen molar-refractivity contribution in [2.75, 3.05) is 13.2 Å². The lowest BCUT2D eigenvalue weighted by Crippen LogP contribution is -2.32. The van der Waals surface area contributed by atoms with Crippen molar-refractivity contribution in [1.82, 2.24) is 10.3 Å². The predicted octanol–water partition coefficient (Wildman–Crippen LogP) is 3.49. The lowest BCUT2D eigenvalue weighted by Gasteiger charge is -2.09. The number of rotatable bonds is 5. The highest BCUT2D eigenvalue weighted by molar-refractivity contribution is 5.97. The molecule has 134 valence electrons. The molecule has 1 amide bonds. The van der Waals surface area contributed by atoms with E-state index in [1.54, 1.807) is 18.2 Å². The van der Waals surface area contributed by atoms with Gasteiger partial charge in [-0.25, -0.2) is 0 Å². The van der Waals surface area contributed by atoms with Gasteiger partial charge < -0.3 is 15.0 Å². The van der Waals surface area contributed by atoms with E-state index in [4.69, 9.17) is 4.74 Å². The molecule has 0 saturated heterocycles. The SMILES string of the molecule is O=C(NCCOc1ccc2ccccc2c1)c1c[nH]c2ccccc2c1=O. The van der Waals surface area contributed by atoms with Crippen LogP contribution in [0.25, 0.3) is 21.7 Å². The number of hydrogen-bond donors (Lipinski definition) is 2. The van der Waals surface area contributed by atoms with Gasteiger partial charge >= 0.3 is 0 Å². The van der Waals surface area contributed by atoms with E-state index in [0.717, 1.165) is 16.5 Å². The maximum Gasteiger partial charge on any atom is 0.256 e. The fourth-order valence-electron chi connectivity index (χ4n) is 3.02. The molecule has 0 bridgehead atoms. The van der Waals surface area contributed by atoms with Crippen LogP contribution in [0.15, 0.2) is 77.7 Å². The normalized spacial score (nSPS) is 10.8. The Hall–Kier alpha value is -3.60. The van der Waals surface area contributed by atoms with Crippen molar-refractivity contribution in [3.8, 4) is 5.75 Å². The fraction of sp³-hybridized carbons (Fsp3) is 0.0909. The zero-order valence-electron chi connectivity index (χ0n) is 14.6. The van der Waals surface area contributed by atoms with E-state index < -0.39 is 5.91 Å². The summed E-state index contributed by atoms with van der Waals surface area (Å²) in [7, 11) is 0. The maximum atomic E-state index is 12.4. The Labute approximate surface area is 155 Å². The van der Waals surface area contributed by atoms with Crippen molar-refractivity contribution in [3.05, 3.63) is 88.7 Å². The van der Waals surface area contributed by atoms with Crippen LogP contribution in [0.2, 0.25) is 0 Å². The van der Waals surface area contributed by atoms with E-state index in [0.29, 0.717) is 24.1 Å². The summed E-state index contributed by atoms with van der Waals surface area (Å²) in [4.78, 5) is 27.7. The predicted molar refractivity (Wildman–Crippen MR) is 106 cm³/mol. The van der Waals surface area contributed by atoms with Gasteiger partial charge in [0, 0.05) is 17.1 Å². The zero-order valence-corrected chi connectivity index (χ0v) is 14.6. The summed E-state index contributed by atoms with van der Waals surface area (Å²) in [5.74, 6) is 0.329. The Morgan fingerprint density at radius 2 is 1.74 bits per heavy atom. The van der Waals surface area contributed by atoms with Crippen molar-refractivity contribution in [2.45, 2.75) is 0 Å². The lowest BCUT2D eigenvalue weighted by molar-refractivity contribution is 0.0946. The largest absolute Gasteiger partial charge is 0.492 e. The van der Waals surface area contributed by atoms with Gasteiger partial charge in [-0.05, 0) is 35.0 Å². The molecule has 27 heavy (non-hydrogen) atoms. The number of amides is 1. The summed E-state index contributed by atoms with van der Waals surface area (Å²) in [6, 6.07) is 21.0. The van der Waals surface area contributed by atoms with Crippen LogP contribution >= 0.6 is 0 Å². The molecule has 0 radical (unpaired) electrons. The van der Waals surface area contributed by atoms with E-state index in [2.05, 4.69) is 10.3 Å². The lowest BCUT2D eigenvalue weighted by atomic mass is 10.1. The molecule has 3 aromatic carbocycles. The van der Waals surface area contributed by atoms with Crippen LogP contribution in [0.4, 0.5) is 0 Å². The molecule has 5 heteroatoms. The number of fused-ring (bicyclic) bond motifs is 2. The van der Waals surface area contributed by atoms with Crippen LogP contribution in [0.1, 0.15) is 10.4 Å². The third kappa shape index (κ3) is 3.53. The van der Waals surface area contributed by atoms with E-state index in [1.807, 2.05) is 48.5 Å². The first-order valence-electron chi connectivity index (χ1n) is 8.72. The molecule has 0 fully saturated rings. The molecule has 0 spiro atoms. The van der Waals surface area contributed by atoms with E-state index >= 15 is 0 Å². The van der Waals surface area contributed by atoms with Gasteiger partial charge in [-0.3, -0.25) is 9.59 Å². The molecule has 0 saturated carbocycles. The zero-order chi connectivity index (χ0) is 18.6. The van der Waals surface area contributed by atoms with E-state index in [9.17, 15) is 9.59 Å². The molecule has 0 unspecified atom stereocenters. The van der Waals surface area contributed by atoms with E-state index in [1.165, 1.54) is 6.20 Å². The first-order chi connectivity index (χ1) is 13.2. The first-order valence-corrected chi connectivity index (χ1v) is 8.72. The van der Waals surface area contributed by atoms with Gasteiger partial charge in [0.05, 0.1) is 6.54 Å². The molecule has 0 aliphatic carbocycles. The van der Waals surface area contributed by atoms with Crippen molar-refractivity contribution >= 4 is 27.6 Å². The minimum atomic E-state index is -0.413. The van der Waals surface area contributed by atoms with Crippen LogP contribution in [0, 0.1) is 0 Å². The Kier molecular flexibility index (Phi) is 4.58. The van der Waals surface area contributed by atoms with Crippen molar-refractivity contribution in [1.29, 1.82) is 0 Å². The van der Waals surface area contributed by atoms with Crippen LogP contribution < -0.4 is 15.5 Å². The van der Waals surface area contributed by atoms with Gasteiger partial charge in [0.15, 0.2) is 0 Å². The standard InChI is InChI=1S/C22H18N2O3/c25-21-18-7-3-4-8-20(18)24-14-19(21)22(26)23-11-12-27-17-10-9-15-5-1-2-6-16(15)13-17/h1-10,13-14H,11-12H2,(H,23,26)(H,24,25). The highest BCUT2D eigenvalue weighted by atomic mass is 16.5. The Morgan fingerprint density at radius 3 is 2.63 bits per heavy atom. The Morgan fingerprint density at radius 1 is 0.963 bits per heavy atom. The summed E-state index contributed by atoms with van der Waals surface area (Å²) in [6.07, 6.45) is 1.45. The average Bonchev–Trinajstić information content (AvgIpc) is 2.71. The van der Waals surface area contributed by atoms with Gasteiger partial charge in [0.1, 0.15) is 17.9 Å². The number of hydrogen-bond acceptors (Lipinski definition) is 3. The number of nitrogens with one attached hydrogen (secondary N) is 2. The number of para-hydroxylation sites is 1. The number of H-pyrrole nitrogens is 1. The van der Waals surface area contributed by atoms with Crippen molar-refractivity contribution in [2.24, 2.45) is 0 Å². The number of carbonyl (C=O) groups excluding carboxylic acids is 1. The molecule has 0 atom stereocenters. The number of carbonyl (C=O) groups is 1. The number of ether oxygens (including phenoxy) is 1. The van der Waals surface area contributed by atoms with Gasteiger partial charge in [-0.1, -0.05) is 42.5 Å². The van der Waals surface area contributed by atoms with Gasteiger partial charge in [-0.15, -0.1) is 0 Å². The molecule has 1 aromatic heterocycles. The molecule has 0 aliphatic heterocycles. The maximum absolute atomic E-state index is 12.4. The van der Waals surface area contributed by atoms with Crippen molar-refractivity contribution < 1.29 is 9.53 Å². The summed E-state index contributed by atoms with van der Waals surface area (Å²) in [5, 5.41) is 5.47. The number of aromatic nitrogens is 1. The number of pyridine rings is 1. The Balaban J connectivity index is 1.38. The van der Waals surface area contributed by atoms with Gasteiger partial charge in [0.2, 0.25) is 5.43 Å². The van der Waals surface area contributed by atoms with Crippen LogP contribution in [-0.4, -0.2) is 24.0 Å². The molecule has 1 heterocycles. The third-order valence-corrected chi connectivity index (χ3v) is 4.41. The molecule has 4 rings (SSSR count). The van der Waals surface area contributed by atoms with Crippen LogP contribution in [0.3, 0.4) is 0 Å². The molecular weight excluding hydrogens is 340 g/mol. The summed E-state index contributed by atoms with van der Waals surface area (Å²) in [5.41, 5.74) is 0.524. The molecule has 0 aliphatic rings. The average molecular weight is 358 g/mol. The highest BCUT2D eigenvalue weighted by Crippen LogP contribution is 2.20. The second kappa shape index (κ2) is 7.33. The fourth-order valence-corrected chi connectivity index (χ4v) is 3.02. The minimum Gasteiger partial charge on any atom is -0.492 e. The molecular formula is C22H18N2O3. The Bertz CT molecular complexity index is 1180. The first kappa shape index (κ1) is 16.8. The quantitative estimate of drug-likeness (QED) is 0.537. The van der Waals surface area contributed by atoms with Crippen molar-refractivity contribution in [3.63, 3.8) is 0 Å². The second-order valence-electron chi connectivity index (χ2n) is 6.19. The van der Waals surface area contributed by atoms with Crippen LogP contribution in [0.5, 0.6) is 5.75 Å². The summed E-state index contributed by atoms with van der Waals surface area (Å²) in [6.45, 7) is 0.619. The topological polar surface area (TPSA) is 71.2 Å². The second-order valence-corrected chi connectivity index (χ2v) is 6.19. The smallest absolute Gasteiger partial charge is 0.256 e. The number of benzene rings is 3. The molecule has 4 aromatic rings. The van der Waals surface area contributed by atoms with Crippen LogP contribution in [-0.2, 0) is 0 Å².